The topological polar surface area (TPSA) is 164 Å². The van der Waals surface area contributed by atoms with Gasteiger partial charge in [0.2, 0.25) is 0 Å². The predicted molar refractivity (Wildman–Crippen MR) is 175 cm³/mol. The van der Waals surface area contributed by atoms with E-state index in [1.165, 1.54) is 7.11 Å². The molecule has 3 aromatic heterocycles. The lowest BCUT2D eigenvalue weighted by Gasteiger charge is -2.26. The molecule has 1 aromatic carbocycles. The zero-order chi connectivity index (χ0) is 32.9. The number of hydrogen-bond acceptors (Lipinski definition) is 12. The van der Waals surface area contributed by atoms with Crippen LogP contribution in [0.1, 0.15) is 29.9 Å². The van der Waals surface area contributed by atoms with Crippen molar-refractivity contribution in [2.75, 3.05) is 50.6 Å². The Morgan fingerprint density at radius 1 is 1.02 bits per heavy atom. The first-order chi connectivity index (χ1) is 21.9. The van der Waals surface area contributed by atoms with E-state index in [0.29, 0.717) is 40.6 Å². The minimum absolute atomic E-state index is 0.143. The van der Waals surface area contributed by atoms with Crippen LogP contribution >= 0.6 is 0 Å². The molecule has 0 saturated carbocycles. The lowest BCUT2D eigenvalue weighted by molar-refractivity contribution is 0.0359. The quantitative estimate of drug-likeness (QED) is 0.167. The summed E-state index contributed by atoms with van der Waals surface area (Å²) in [6.07, 6.45) is 3.41. The monoisotopic (exact) mass is 618 g/mol. The Balaban J connectivity index is 1.44. The van der Waals surface area contributed by atoms with Gasteiger partial charge in [0, 0.05) is 37.5 Å². The molecule has 4 aromatic rings. The number of nitrogens with one attached hydrogen (secondary N) is 3. The van der Waals surface area contributed by atoms with Crippen LogP contribution in [-0.2, 0) is 16.9 Å². The number of aliphatic hydroxyl groups is 1. The van der Waals surface area contributed by atoms with Crippen LogP contribution in [0.25, 0.3) is 11.3 Å². The number of benzene rings is 1. The number of aromatic nitrogens is 6. The van der Waals surface area contributed by atoms with Crippen molar-refractivity contribution < 1.29 is 19.4 Å². The molecule has 17 heteroatoms. The molecule has 0 aliphatic carbocycles. The van der Waals surface area contributed by atoms with Crippen LogP contribution in [-0.4, -0.2) is 115 Å². The third-order valence-electron chi connectivity index (χ3n) is 7.11. The van der Waals surface area contributed by atoms with Gasteiger partial charge in [0.1, 0.15) is 11.5 Å². The lowest BCUT2D eigenvalue weighted by atomic mass is 9.49. The van der Waals surface area contributed by atoms with Gasteiger partial charge in [-0.2, -0.15) is 0 Å². The fourth-order valence-electron chi connectivity index (χ4n) is 4.78. The van der Waals surface area contributed by atoms with Crippen LogP contribution in [0.3, 0.4) is 0 Å². The second-order valence-electron chi connectivity index (χ2n) is 11.3. The molecule has 14 nitrogen and oxygen atoms in total. The summed E-state index contributed by atoms with van der Waals surface area (Å²) in [4.78, 5) is 19.7. The predicted octanol–water partition coefficient (Wildman–Crippen LogP) is 1.03. The van der Waals surface area contributed by atoms with Crippen molar-refractivity contribution in [1.29, 1.82) is 0 Å². The average Bonchev–Trinajstić information content (AvgIpc) is 3.48. The Morgan fingerprint density at radius 3 is 2.52 bits per heavy atom. The van der Waals surface area contributed by atoms with Crippen molar-refractivity contribution in [3.05, 3.63) is 60.0 Å². The van der Waals surface area contributed by atoms with Crippen molar-refractivity contribution in [2.45, 2.75) is 31.2 Å². The first-order valence-electron chi connectivity index (χ1n) is 14.6. The molecule has 232 valence electrons. The van der Waals surface area contributed by atoms with Crippen LogP contribution in [0.5, 0.6) is 5.75 Å². The number of rotatable bonds is 12. The van der Waals surface area contributed by atoms with Gasteiger partial charge in [0.15, 0.2) is 17.3 Å². The fourth-order valence-corrected chi connectivity index (χ4v) is 4.78. The summed E-state index contributed by atoms with van der Waals surface area (Å²) in [5.41, 5.74) is 1.41. The molecule has 1 aliphatic rings. The van der Waals surface area contributed by atoms with Crippen molar-refractivity contribution in [1.82, 2.24) is 40.4 Å². The maximum Gasteiger partial charge on any atom is 0.272 e. The van der Waals surface area contributed by atoms with Crippen molar-refractivity contribution in [3.8, 4) is 17.0 Å². The molecule has 1 aliphatic heterocycles. The second-order valence-corrected chi connectivity index (χ2v) is 11.3. The Hall–Kier alpha value is -4.47. The molecular weight excluding hydrogens is 585 g/mol. The van der Waals surface area contributed by atoms with E-state index < -0.39 is 16.7 Å². The molecule has 0 bridgehead atoms. The van der Waals surface area contributed by atoms with Crippen LogP contribution in [0.15, 0.2) is 48.8 Å². The summed E-state index contributed by atoms with van der Waals surface area (Å²) in [6.45, 7) is 8.06. The molecule has 5 rings (SSSR count). The largest absolute Gasteiger partial charge is 0.494 e. The highest BCUT2D eigenvalue weighted by molar-refractivity contribution is 6.60. The second kappa shape index (κ2) is 13.9. The number of carbonyl (C=O) groups is 1. The standard InChI is InChI=1S/C29H33B3N10O4/c1-28(2,44)18-7-8-33-23(15-18)35-24-16-21(25(39-38-24)27(43)36-29(30,31)32)34-20-6-4-5-19(26(20)45-3)22-17-42(40-37-22)10-9-41-11-13-46-14-12-41/h4-8,15-17,44H,9-14H2,1-3H3,(H,36,43)(H2,33,34,35,38). The van der Waals surface area contributed by atoms with Gasteiger partial charge in [0.05, 0.1) is 73.6 Å². The minimum Gasteiger partial charge on any atom is -0.494 e. The normalized spacial score (nSPS) is 14.1. The van der Waals surface area contributed by atoms with E-state index >= 15 is 0 Å². The van der Waals surface area contributed by atoms with E-state index in [4.69, 9.17) is 33.0 Å². The van der Waals surface area contributed by atoms with Gasteiger partial charge in [-0.1, -0.05) is 16.5 Å². The van der Waals surface area contributed by atoms with Gasteiger partial charge in [-0.05, 0) is 43.7 Å². The third kappa shape index (κ3) is 8.41. The number of methoxy groups -OCH3 is 1. The number of pyridine rings is 1. The summed E-state index contributed by atoms with van der Waals surface area (Å²) >= 11 is 0. The molecular formula is C29H33B3N10O4. The van der Waals surface area contributed by atoms with Gasteiger partial charge >= 0.3 is 0 Å². The van der Waals surface area contributed by atoms with E-state index in [1.54, 1.807) is 49.0 Å². The highest BCUT2D eigenvalue weighted by Gasteiger charge is 2.23. The highest BCUT2D eigenvalue weighted by Crippen LogP contribution is 2.38. The first-order valence-corrected chi connectivity index (χ1v) is 14.6. The van der Waals surface area contributed by atoms with Crippen molar-refractivity contribution in [3.63, 3.8) is 0 Å². The van der Waals surface area contributed by atoms with Crippen LogP contribution in [0, 0.1) is 0 Å². The molecule has 6 radical (unpaired) electrons. The Morgan fingerprint density at radius 2 is 1.80 bits per heavy atom. The number of amides is 1. The number of hydrogen-bond donors (Lipinski definition) is 4. The summed E-state index contributed by atoms with van der Waals surface area (Å²) in [6, 6.07) is 10.4. The Kier molecular flexibility index (Phi) is 9.94. The van der Waals surface area contributed by atoms with Gasteiger partial charge in [0.25, 0.3) is 5.91 Å². The Labute approximate surface area is 270 Å². The number of morpholine rings is 1. The first kappa shape index (κ1) is 32.9. The van der Waals surface area contributed by atoms with E-state index in [-0.39, 0.29) is 17.2 Å². The minimum atomic E-state index is -2.00. The van der Waals surface area contributed by atoms with E-state index in [2.05, 4.69) is 46.3 Å². The lowest BCUT2D eigenvalue weighted by Crippen LogP contribution is -2.50. The maximum absolute atomic E-state index is 13.1. The van der Waals surface area contributed by atoms with Gasteiger partial charge in [-0.15, -0.1) is 15.3 Å². The molecule has 1 fully saturated rings. The van der Waals surface area contributed by atoms with Gasteiger partial charge in [-0.25, -0.2) is 4.98 Å². The van der Waals surface area contributed by atoms with Crippen LogP contribution in [0.2, 0.25) is 0 Å². The average molecular weight is 618 g/mol. The fraction of sp³-hybridized carbons (Fsp3) is 0.379. The smallest absolute Gasteiger partial charge is 0.272 e. The molecule has 0 spiro atoms. The number of ether oxygens (including phenoxy) is 2. The van der Waals surface area contributed by atoms with E-state index in [9.17, 15) is 9.90 Å². The van der Waals surface area contributed by atoms with Crippen molar-refractivity contribution >= 4 is 52.5 Å². The molecule has 0 unspecified atom stereocenters. The summed E-state index contributed by atoms with van der Waals surface area (Å²) in [7, 11) is 18.4. The van der Waals surface area contributed by atoms with Gasteiger partial charge in [-0.3, -0.25) is 14.4 Å². The highest BCUT2D eigenvalue weighted by atomic mass is 16.5. The SMILES string of the molecule is [B]C([B])([B])NC(=O)c1nnc(Nc2cc(C(C)(C)O)ccn2)cc1Nc1cccc(-c2cn(CCN3CCOCC3)nn2)c1OC. The molecule has 4 heterocycles. The Bertz CT molecular complexity index is 1670. The van der Waals surface area contributed by atoms with Crippen molar-refractivity contribution in [2.24, 2.45) is 0 Å². The van der Waals surface area contributed by atoms with Crippen LogP contribution in [0.4, 0.5) is 23.0 Å². The number of nitrogens with zero attached hydrogens (tertiary/aromatic N) is 7. The van der Waals surface area contributed by atoms with E-state index in [1.807, 2.05) is 18.3 Å². The van der Waals surface area contributed by atoms with Crippen LogP contribution < -0.4 is 20.7 Å². The zero-order valence-corrected chi connectivity index (χ0v) is 25.9. The number of para-hydroxylation sites is 1. The maximum atomic E-state index is 13.1. The molecule has 0 atom stereocenters. The number of carbonyl (C=O) groups excluding carboxylic acids is 1. The zero-order valence-electron chi connectivity index (χ0n) is 25.9. The summed E-state index contributed by atoms with van der Waals surface area (Å²) in [5, 5.41) is 33.9. The summed E-state index contributed by atoms with van der Waals surface area (Å²) in [5.74, 6) is 0.329. The molecule has 1 amide bonds. The molecule has 46 heavy (non-hydrogen) atoms. The molecule has 1 saturated heterocycles. The number of anilines is 4. The summed E-state index contributed by atoms with van der Waals surface area (Å²) < 4.78 is 13.0. The third-order valence-corrected chi connectivity index (χ3v) is 7.11. The van der Waals surface area contributed by atoms with E-state index in [0.717, 1.165) is 32.8 Å². The molecule has 4 N–H and O–H groups in total. The van der Waals surface area contributed by atoms with Gasteiger partial charge < -0.3 is 30.5 Å².